The van der Waals surface area contributed by atoms with Gasteiger partial charge >= 0.3 is 12.1 Å². The van der Waals surface area contributed by atoms with Gasteiger partial charge in [-0.15, -0.1) is 0 Å². The number of carbonyl (C=O) groups is 2. The largest absolute Gasteiger partial charge is 0.496 e. The number of hydrogen-bond acceptors (Lipinski definition) is 7. The number of amides is 1. The molecule has 0 aliphatic rings. The Balaban J connectivity index is 1.45. The number of ether oxygens (including phenoxy) is 3. The molecule has 0 aliphatic carbocycles. The molecule has 1 atom stereocenters. The molecule has 1 aromatic heterocycles. The summed E-state index contributed by atoms with van der Waals surface area (Å²) in [5, 5.41) is 6.81. The van der Waals surface area contributed by atoms with Crippen molar-refractivity contribution in [3.05, 3.63) is 89.6 Å². The zero-order valence-corrected chi connectivity index (χ0v) is 21.8. The number of rotatable bonds is 9. The molecule has 1 amide bonds. The Bertz CT molecular complexity index is 1390. The number of methoxy groups -OCH3 is 1. The fourth-order valence-electron chi connectivity index (χ4n) is 4.08. The van der Waals surface area contributed by atoms with E-state index in [0.29, 0.717) is 29.5 Å². The molecule has 0 fully saturated rings. The summed E-state index contributed by atoms with van der Waals surface area (Å²) < 4.78 is 21.5. The molecule has 3 aromatic carbocycles. The summed E-state index contributed by atoms with van der Waals surface area (Å²) in [7, 11) is 1.57. The molecule has 0 spiro atoms. The average Bonchev–Trinajstić information content (AvgIpc) is 3.28. The Kier molecular flexibility index (Phi) is 8.43. The van der Waals surface area contributed by atoms with Crippen LogP contribution in [0.5, 0.6) is 5.75 Å². The van der Waals surface area contributed by atoms with Crippen LogP contribution < -0.4 is 10.1 Å². The minimum atomic E-state index is -0.629. The van der Waals surface area contributed by atoms with E-state index in [-0.39, 0.29) is 12.4 Å². The van der Waals surface area contributed by atoms with Gasteiger partial charge in [0.15, 0.2) is 5.76 Å². The van der Waals surface area contributed by atoms with Crippen molar-refractivity contribution >= 4 is 17.7 Å². The Labute approximate surface area is 221 Å². The van der Waals surface area contributed by atoms with Gasteiger partial charge in [0, 0.05) is 11.1 Å². The van der Waals surface area contributed by atoms with Crippen LogP contribution in [-0.2, 0) is 20.7 Å². The number of nitrogens with zero attached hydrogens (tertiary/aromatic N) is 1. The topological polar surface area (TPSA) is 99.9 Å². The smallest absolute Gasteiger partial charge is 0.412 e. The van der Waals surface area contributed by atoms with Gasteiger partial charge in [0.1, 0.15) is 23.2 Å². The first-order valence-electron chi connectivity index (χ1n) is 12.3. The number of aryl methyl sites for hydroxylation is 1. The lowest BCUT2D eigenvalue weighted by molar-refractivity contribution is -0.142. The Morgan fingerprint density at radius 2 is 1.58 bits per heavy atom. The van der Waals surface area contributed by atoms with Crippen molar-refractivity contribution in [2.45, 2.75) is 33.3 Å². The maximum atomic E-state index is 12.7. The normalized spacial score (nSPS) is 11.5. The first-order valence-corrected chi connectivity index (χ1v) is 12.3. The molecular weight excluding hydrogens is 484 g/mol. The fourth-order valence-corrected chi connectivity index (χ4v) is 4.08. The predicted octanol–water partition coefficient (Wildman–Crippen LogP) is 6.74. The van der Waals surface area contributed by atoms with Crippen LogP contribution >= 0.6 is 0 Å². The number of benzene rings is 3. The van der Waals surface area contributed by atoms with E-state index in [9.17, 15) is 9.59 Å². The monoisotopic (exact) mass is 514 g/mol. The van der Waals surface area contributed by atoms with Crippen LogP contribution in [0.4, 0.5) is 10.5 Å². The van der Waals surface area contributed by atoms with E-state index in [0.717, 1.165) is 27.8 Å². The molecule has 0 saturated carbocycles. The number of carbonyl (C=O) groups excluding carboxylic acids is 2. The summed E-state index contributed by atoms with van der Waals surface area (Å²) in [5.41, 5.74) is 5.38. The van der Waals surface area contributed by atoms with Gasteiger partial charge in [0.05, 0.1) is 20.1 Å². The first-order chi connectivity index (χ1) is 18.4. The van der Waals surface area contributed by atoms with Gasteiger partial charge in [-0.2, -0.15) is 0 Å². The molecule has 1 unspecified atom stereocenters. The molecule has 38 heavy (non-hydrogen) atoms. The van der Waals surface area contributed by atoms with Gasteiger partial charge in [-0.3, -0.25) is 10.1 Å². The standard InChI is InChI=1S/C30H30N2O6/c1-5-36-27(33)18-21-10-12-22(13-11-21)23-14-16-24(17-15-23)29-28(19(2)32-38-29)31-30(34)37-20(3)25-8-6-7-9-26(25)35-4/h6-17,20H,5,18H2,1-4H3,(H,31,34). The molecule has 0 aliphatic heterocycles. The van der Waals surface area contributed by atoms with Crippen molar-refractivity contribution in [3.63, 3.8) is 0 Å². The first kappa shape index (κ1) is 26.5. The lowest BCUT2D eigenvalue weighted by atomic mass is 10.0. The highest BCUT2D eigenvalue weighted by atomic mass is 16.6. The molecule has 4 aromatic rings. The number of aromatic nitrogens is 1. The van der Waals surface area contributed by atoms with Crippen LogP contribution in [0.3, 0.4) is 0 Å². The van der Waals surface area contributed by atoms with Crippen molar-refractivity contribution < 1.29 is 28.3 Å². The van der Waals surface area contributed by atoms with Crippen molar-refractivity contribution in [2.24, 2.45) is 0 Å². The lowest BCUT2D eigenvalue weighted by Gasteiger charge is -2.17. The lowest BCUT2D eigenvalue weighted by Crippen LogP contribution is -2.17. The minimum absolute atomic E-state index is 0.241. The second-order valence-electron chi connectivity index (χ2n) is 8.64. The van der Waals surface area contributed by atoms with Gasteiger partial charge in [-0.05, 0) is 43.5 Å². The maximum absolute atomic E-state index is 12.7. The van der Waals surface area contributed by atoms with Crippen molar-refractivity contribution in [3.8, 4) is 28.2 Å². The van der Waals surface area contributed by atoms with Crippen LogP contribution in [0.25, 0.3) is 22.5 Å². The third-order valence-electron chi connectivity index (χ3n) is 6.04. The number of esters is 1. The molecule has 196 valence electrons. The van der Waals surface area contributed by atoms with Gasteiger partial charge in [-0.1, -0.05) is 71.9 Å². The van der Waals surface area contributed by atoms with Gasteiger partial charge < -0.3 is 18.7 Å². The van der Waals surface area contributed by atoms with Crippen molar-refractivity contribution in [1.29, 1.82) is 0 Å². The van der Waals surface area contributed by atoms with E-state index < -0.39 is 12.2 Å². The Hall–Kier alpha value is -4.59. The van der Waals surface area contributed by atoms with Crippen LogP contribution in [0.15, 0.2) is 77.3 Å². The quantitative estimate of drug-likeness (QED) is 0.247. The average molecular weight is 515 g/mol. The van der Waals surface area contributed by atoms with Crippen molar-refractivity contribution in [2.75, 3.05) is 19.0 Å². The van der Waals surface area contributed by atoms with Gasteiger partial charge in [0.25, 0.3) is 0 Å². The van der Waals surface area contributed by atoms with Gasteiger partial charge in [-0.25, -0.2) is 4.79 Å². The second kappa shape index (κ2) is 12.1. The fraction of sp³-hybridized carbons (Fsp3) is 0.233. The zero-order chi connectivity index (χ0) is 27.1. The molecule has 0 saturated heterocycles. The summed E-state index contributed by atoms with van der Waals surface area (Å²) in [6, 6.07) is 22.9. The molecule has 1 N–H and O–H groups in total. The Morgan fingerprint density at radius 3 is 2.24 bits per heavy atom. The molecule has 8 nitrogen and oxygen atoms in total. The highest BCUT2D eigenvalue weighted by molar-refractivity contribution is 5.91. The predicted molar refractivity (Wildman–Crippen MR) is 144 cm³/mol. The van der Waals surface area contributed by atoms with E-state index in [4.69, 9.17) is 18.7 Å². The second-order valence-corrected chi connectivity index (χ2v) is 8.64. The van der Waals surface area contributed by atoms with E-state index in [1.807, 2.05) is 72.8 Å². The third kappa shape index (κ3) is 6.21. The van der Waals surface area contributed by atoms with Crippen molar-refractivity contribution in [1.82, 2.24) is 5.16 Å². The maximum Gasteiger partial charge on any atom is 0.412 e. The van der Waals surface area contributed by atoms with Crippen LogP contribution in [-0.4, -0.2) is 30.9 Å². The zero-order valence-electron chi connectivity index (χ0n) is 21.8. The molecule has 4 rings (SSSR count). The van der Waals surface area contributed by atoms with Gasteiger partial charge in [0.2, 0.25) is 0 Å². The summed E-state index contributed by atoms with van der Waals surface area (Å²) in [4.78, 5) is 24.4. The number of anilines is 1. The SMILES string of the molecule is CCOC(=O)Cc1ccc(-c2ccc(-c3onc(C)c3NC(=O)OC(C)c3ccccc3OC)cc2)cc1. The molecule has 0 radical (unpaired) electrons. The van der Waals surface area contributed by atoms with Crippen LogP contribution in [0.1, 0.15) is 36.8 Å². The highest BCUT2D eigenvalue weighted by Crippen LogP contribution is 2.33. The third-order valence-corrected chi connectivity index (χ3v) is 6.04. The van der Waals surface area contributed by atoms with E-state index >= 15 is 0 Å². The Morgan fingerprint density at radius 1 is 0.947 bits per heavy atom. The van der Waals surface area contributed by atoms with E-state index in [1.54, 1.807) is 27.9 Å². The molecule has 1 heterocycles. The van der Waals surface area contributed by atoms with E-state index in [1.165, 1.54) is 0 Å². The molecule has 8 heteroatoms. The number of nitrogens with one attached hydrogen (secondary N) is 1. The molecule has 0 bridgehead atoms. The summed E-state index contributed by atoms with van der Waals surface area (Å²) in [6.45, 7) is 5.69. The van der Waals surface area contributed by atoms with E-state index in [2.05, 4.69) is 10.5 Å². The summed E-state index contributed by atoms with van der Waals surface area (Å²) in [5.74, 6) is 0.832. The molecular formula is C30H30N2O6. The van der Waals surface area contributed by atoms with Crippen LogP contribution in [0, 0.1) is 6.92 Å². The van der Waals surface area contributed by atoms with Crippen LogP contribution in [0.2, 0.25) is 0 Å². The minimum Gasteiger partial charge on any atom is -0.496 e. The summed E-state index contributed by atoms with van der Waals surface area (Å²) >= 11 is 0. The summed E-state index contributed by atoms with van der Waals surface area (Å²) in [6.07, 6.45) is -0.915. The number of para-hydroxylation sites is 1. The highest BCUT2D eigenvalue weighted by Gasteiger charge is 2.21. The number of hydrogen-bond donors (Lipinski definition) is 1.